The van der Waals surface area contributed by atoms with Gasteiger partial charge in [-0.05, 0) is 36.8 Å². The number of carboxylic acids is 1. The van der Waals surface area contributed by atoms with Gasteiger partial charge in [0, 0.05) is 12.2 Å². The van der Waals surface area contributed by atoms with Crippen LogP contribution in [0.15, 0.2) is 24.3 Å². The van der Waals surface area contributed by atoms with Crippen molar-refractivity contribution in [2.45, 2.75) is 18.6 Å². The van der Waals surface area contributed by atoms with Gasteiger partial charge < -0.3 is 15.1 Å². The monoisotopic (exact) mass is 307 g/mol. The van der Waals surface area contributed by atoms with Crippen LogP contribution in [0.3, 0.4) is 0 Å². The first-order valence-corrected chi connectivity index (χ1v) is 6.77. The molecule has 1 aliphatic rings. The summed E-state index contributed by atoms with van der Waals surface area (Å²) in [7, 11) is 0. The number of rotatable bonds is 3. The molecule has 2 aromatic rings. The lowest BCUT2D eigenvalue weighted by Crippen LogP contribution is -2.42. The molecule has 2 heterocycles. The summed E-state index contributed by atoms with van der Waals surface area (Å²) in [5, 5.41) is 29.0. The molecule has 0 bridgehead atoms. The Morgan fingerprint density at radius 3 is 2.86 bits per heavy atom. The van der Waals surface area contributed by atoms with Crippen LogP contribution in [0.25, 0.3) is 5.69 Å². The van der Waals surface area contributed by atoms with E-state index < -0.39 is 18.1 Å². The average molecular weight is 307 g/mol. The first kappa shape index (κ1) is 13.7. The van der Waals surface area contributed by atoms with E-state index in [4.69, 9.17) is 12.2 Å². The lowest BCUT2D eigenvalue weighted by Gasteiger charge is -2.25. The van der Waals surface area contributed by atoms with Crippen molar-refractivity contribution in [3.8, 4) is 5.69 Å². The number of H-pyrrole nitrogens is 1. The fraction of sp³-hybridized carbons (Fsp3) is 0.333. The molecule has 3 rings (SSSR count). The van der Waals surface area contributed by atoms with E-state index in [-0.39, 0.29) is 4.77 Å². The van der Waals surface area contributed by atoms with Crippen LogP contribution in [0.4, 0.5) is 5.69 Å². The molecule has 1 aliphatic heterocycles. The maximum Gasteiger partial charge on any atom is 0.329 e. The zero-order chi connectivity index (χ0) is 15.0. The minimum absolute atomic E-state index is 0.281. The Balaban J connectivity index is 1.99. The number of aliphatic hydroxyl groups excluding tert-OH is 1. The van der Waals surface area contributed by atoms with E-state index >= 15 is 0 Å². The third-order valence-electron chi connectivity index (χ3n) is 3.51. The van der Waals surface area contributed by atoms with E-state index in [0.29, 0.717) is 24.3 Å². The van der Waals surface area contributed by atoms with Crippen molar-refractivity contribution in [2.75, 3.05) is 11.4 Å². The quantitative estimate of drug-likeness (QED) is 0.702. The summed E-state index contributed by atoms with van der Waals surface area (Å²) < 4.78 is 1.80. The smallest absolute Gasteiger partial charge is 0.329 e. The number of carboxylic acid groups (broad SMARTS) is 1. The molecule has 9 heteroatoms. The number of aliphatic hydroxyl groups is 1. The van der Waals surface area contributed by atoms with Gasteiger partial charge in [-0.3, -0.25) is 0 Å². The number of aliphatic carboxylic acids is 1. The summed E-state index contributed by atoms with van der Waals surface area (Å²) in [6.07, 6.45) is -0.450. The van der Waals surface area contributed by atoms with Gasteiger partial charge in [0.15, 0.2) is 6.04 Å². The van der Waals surface area contributed by atoms with E-state index in [0.717, 1.165) is 0 Å². The SMILES string of the molecule is O=C(O)[C@@H]1C(O)CCN1c1cccc(-n2[nH]nnc2=S)c1. The predicted octanol–water partition coefficient (Wildman–Crippen LogP) is 0.349. The number of nitrogens with one attached hydrogen (secondary N) is 1. The molecule has 0 spiro atoms. The molecule has 0 aliphatic carbocycles. The molecular formula is C12H13N5O3S. The number of benzene rings is 1. The Morgan fingerprint density at radius 1 is 1.43 bits per heavy atom. The molecule has 1 fully saturated rings. The highest BCUT2D eigenvalue weighted by molar-refractivity contribution is 7.71. The summed E-state index contributed by atoms with van der Waals surface area (Å²) >= 11 is 5.04. The van der Waals surface area contributed by atoms with Crippen molar-refractivity contribution in [1.29, 1.82) is 0 Å². The van der Waals surface area contributed by atoms with Gasteiger partial charge >= 0.3 is 5.97 Å². The van der Waals surface area contributed by atoms with Crippen LogP contribution in [0, 0.1) is 4.77 Å². The highest BCUT2D eigenvalue weighted by Gasteiger charge is 2.38. The maximum absolute atomic E-state index is 11.3. The van der Waals surface area contributed by atoms with Crippen molar-refractivity contribution in [1.82, 2.24) is 20.2 Å². The predicted molar refractivity (Wildman–Crippen MR) is 75.9 cm³/mol. The van der Waals surface area contributed by atoms with Gasteiger partial charge in [-0.2, -0.15) is 5.21 Å². The fourth-order valence-corrected chi connectivity index (χ4v) is 2.73. The van der Waals surface area contributed by atoms with Crippen LogP contribution in [0.2, 0.25) is 0 Å². The van der Waals surface area contributed by atoms with Gasteiger partial charge in [-0.15, -0.1) is 0 Å². The topological polar surface area (TPSA) is 107 Å². The van der Waals surface area contributed by atoms with Gasteiger partial charge in [-0.25, -0.2) is 9.48 Å². The second-order valence-corrected chi connectivity index (χ2v) is 5.14. The fourth-order valence-electron chi connectivity index (χ4n) is 2.54. The third kappa shape index (κ3) is 2.41. The molecule has 0 saturated carbocycles. The van der Waals surface area contributed by atoms with Crippen LogP contribution in [-0.2, 0) is 4.79 Å². The Hall–Kier alpha value is -2.26. The maximum atomic E-state index is 11.3. The molecule has 110 valence electrons. The summed E-state index contributed by atoms with van der Waals surface area (Å²) in [5.41, 5.74) is 1.40. The number of aromatic amines is 1. The number of tetrazole rings is 1. The first-order chi connectivity index (χ1) is 10.1. The van der Waals surface area contributed by atoms with E-state index in [1.165, 1.54) is 4.68 Å². The van der Waals surface area contributed by atoms with E-state index in [1.54, 1.807) is 29.2 Å². The van der Waals surface area contributed by atoms with Crippen molar-refractivity contribution >= 4 is 23.9 Å². The molecule has 21 heavy (non-hydrogen) atoms. The van der Waals surface area contributed by atoms with Crippen LogP contribution >= 0.6 is 12.2 Å². The number of nitrogens with zero attached hydrogens (tertiary/aromatic N) is 4. The molecule has 8 nitrogen and oxygen atoms in total. The Kier molecular flexibility index (Phi) is 3.43. The van der Waals surface area contributed by atoms with Crippen molar-refractivity contribution in [2.24, 2.45) is 0 Å². The Morgan fingerprint density at radius 2 is 2.19 bits per heavy atom. The first-order valence-electron chi connectivity index (χ1n) is 6.36. The Bertz CT molecular complexity index is 727. The highest BCUT2D eigenvalue weighted by Crippen LogP contribution is 2.27. The summed E-state index contributed by atoms with van der Waals surface area (Å²) in [6, 6.07) is 6.24. The normalized spacial score (nSPS) is 21.7. The highest BCUT2D eigenvalue weighted by atomic mass is 32.1. The molecule has 1 aromatic carbocycles. The molecular weight excluding hydrogens is 294 g/mol. The number of hydrogen-bond donors (Lipinski definition) is 3. The zero-order valence-electron chi connectivity index (χ0n) is 10.9. The zero-order valence-corrected chi connectivity index (χ0v) is 11.7. The minimum atomic E-state index is -1.04. The molecule has 0 radical (unpaired) electrons. The molecule has 2 atom stereocenters. The molecule has 1 saturated heterocycles. The van der Waals surface area contributed by atoms with Crippen LogP contribution in [0.1, 0.15) is 6.42 Å². The van der Waals surface area contributed by atoms with E-state index in [9.17, 15) is 15.0 Å². The van der Waals surface area contributed by atoms with Crippen LogP contribution in [-0.4, -0.2) is 55.1 Å². The van der Waals surface area contributed by atoms with Gasteiger partial charge in [0.2, 0.25) is 4.77 Å². The van der Waals surface area contributed by atoms with Crippen molar-refractivity contribution in [3.05, 3.63) is 29.0 Å². The van der Waals surface area contributed by atoms with Gasteiger partial charge in [0.05, 0.1) is 11.8 Å². The second kappa shape index (κ2) is 5.26. The number of carbonyl (C=O) groups is 1. The largest absolute Gasteiger partial charge is 0.480 e. The second-order valence-electron chi connectivity index (χ2n) is 4.77. The molecule has 1 aromatic heterocycles. The summed E-state index contributed by atoms with van der Waals surface area (Å²) in [5.74, 6) is -1.04. The summed E-state index contributed by atoms with van der Waals surface area (Å²) in [4.78, 5) is 13.0. The molecule has 1 unspecified atom stereocenters. The van der Waals surface area contributed by atoms with Crippen molar-refractivity contribution < 1.29 is 15.0 Å². The van der Waals surface area contributed by atoms with E-state index in [2.05, 4.69) is 15.5 Å². The summed E-state index contributed by atoms with van der Waals surface area (Å²) in [6.45, 7) is 0.480. The van der Waals surface area contributed by atoms with Gasteiger partial charge in [-0.1, -0.05) is 16.4 Å². The minimum Gasteiger partial charge on any atom is -0.480 e. The van der Waals surface area contributed by atoms with Crippen molar-refractivity contribution in [3.63, 3.8) is 0 Å². The number of aromatic nitrogens is 4. The van der Waals surface area contributed by atoms with Crippen LogP contribution < -0.4 is 4.90 Å². The van der Waals surface area contributed by atoms with Gasteiger partial charge in [0.25, 0.3) is 0 Å². The van der Waals surface area contributed by atoms with Crippen LogP contribution in [0.5, 0.6) is 0 Å². The standard InChI is InChI=1S/C12H13N5O3S/c18-9-4-5-16(10(9)11(19)20)7-2-1-3-8(6-7)17-12(21)13-14-15-17/h1-3,6,9-10,18H,4-5H2,(H,19,20)(H,13,15,21)/t9?,10-/m0/s1. The number of anilines is 1. The number of hydrogen-bond acceptors (Lipinski definition) is 6. The Labute approximate surface area is 124 Å². The lowest BCUT2D eigenvalue weighted by molar-refractivity contribution is -0.140. The van der Waals surface area contributed by atoms with E-state index in [1.807, 2.05) is 0 Å². The molecule has 0 amide bonds. The third-order valence-corrected chi connectivity index (χ3v) is 3.77. The lowest BCUT2D eigenvalue weighted by atomic mass is 10.1. The average Bonchev–Trinajstić information content (AvgIpc) is 3.05. The molecule has 3 N–H and O–H groups in total. The van der Waals surface area contributed by atoms with Gasteiger partial charge in [0.1, 0.15) is 0 Å².